The van der Waals surface area contributed by atoms with Gasteiger partial charge < -0.3 is 14.5 Å². The van der Waals surface area contributed by atoms with Gasteiger partial charge in [0.1, 0.15) is 0 Å². The molecular formula is C24H33N4O7+. The number of quaternary nitrogens is 1. The van der Waals surface area contributed by atoms with Crippen LogP contribution in [-0.4, -0.2) is 77.8 Å². The average molecular weight is 490 g/mol. The van der Waals surface area contributed by atoms with Gasteiger partial charge in [0, 0.05) is 37.6 Å². The molecule has 190 valence electrons. The van der Waals surface area contributed by atoms with Crippen LogP contribution in [0, 0.1) is 10.1 Å². The molecule has 2 rings (SSSR count). The van der Waals surface area contributed by atoms with Crippen molar-refractivity contribution in [1.29, 1.82) is 0 Å². The van der Waals surface area contributed by atoms with E-state index in [1.165, 1.54) is 18.2 Å². The molecule has 0 aliphatic carbocycles. The first-order valence-electron chi connectivity index (χ1n) is 11.7. The molecule has 35 heavy (non-hydrogen) atoms. The summed E-state index contributed by atoms with van der Waals surface area (Å²) in [7, 11) is 2.11. The van der Waals surface area contributed by atoms with E-state index in [0.717, 1.165) is 41.2 Å². The van der Waals surface area contributed by atoms with Gasteiger partial charge in [0.25, 0.3) is 17.5 Å². The number of para-hydroxylation sites is 1. The van der Waals surface area contributed by atoms with Crippen molar-refractivity contribution in [2.24, 2.45) is 0 Å². The zero-order valence-corrected chi connectivity index (χ0v) is 20.4. The third-order valence-corrected chi connectivity index (χ3v) is 6.31. The Bertz CT molecular complexity index is 970. The number of nitro groups is 1. The maximum atomic E-state index is 12.6. The van der Waals surface area contributed by atoms with Gasteiger partial charge in [-0.2, -0.15) is 0 Å². The van der Waals surface area contributed by atoms with Crippen LogP contribution in [0.1, 0.15) is 44.8 Å². The van der Waals surface area contributed by atoms with Crippen molar-refractivity contribution in [3.05, 3.63) is 52.1 Å². The molecule has 11 nitrogen and oxygen atoms in total. The largest absolute Gasteiger partial charge is 0.455 e. The van der Waals surface area contributed by atoms with Gasteiger partial charge in [-0.05, 0) is 19.9 Å². The minimum Gasteiger partial charge on any atom is -0.455 e. The summed E-state index contributed by atoms with van der Waals surface area (Å²) in [6.45, 7) is 6.54. The van der Waals surface area contributed by atoms with Gasteiger partial charge in [-0.15, -0.1) is 0 Å². The number of rotatable bonds is 14. The number of nitrogens with zero attached hydrogens (tertiary/aromatic N) is 3. The van der Waals surface area contributed by atoms with E-state index in [0.29, 0.717) is 6.42 Å². The first-order chi connectivity index (χ1) is 16.6. The lowest BCUT2D eigenvalue weighted by Gasteiger charge is -2.32. The first-order valence-corrected chi connectivity index (χ1v) is 11.7. The highest BCUT2D eigenvalue weighted by Crippen LogP contribution is 2.27. The number of hydrogen-bond acceptors (Lipinski definition) is 7. The number of imide groups is 1. The predicted octanol–water partition coefficient (Wildman–Crippen LogP) is 1.88. The number of hydrogen-bond donors (Lipinski definition) is 1. The smallest absolute Gasteiger partial charge is 0.306 e. The van der Waals surface area contributed by atoms with Gasteiger partial charge in [0.15, 0.2) is 6.10 Å². The van der Waals surface area contributed by atoms with Crippen molar-refractivity contribution in [3.8, 4) is 0 Å². The van der Waals surface area contributed by atoms with Gasteiger partial charge >= 0.3 is 5.97 Å². The third kappa shape index (κ3) is 7.99. The van der Waals surface area contributed by atoms with Gasteiger partial charge in [-0.25, -0.2) is 0 Å². The Kier molecular flexibility index (Phi) is 10.1. The van der Waals surface area contributed by atoms with E-state index in [1.807, 2.05) is 0 Å². The molecule has 0 radical (unpaired) electrons. The van der Waals surface area contributed by atoms with E-state index >= 15 is 0 Å². The molecule has 0 bridgehead atoms. The second-order valence-corrected chi connectivity index (χ2v) is 8.59. The summed E-state index contributed by atoms with van der Waals surface area (Å²) < 4.78 is 6.39. The zero-order chi connectivity index (χ0) is 26.0. The summed E-state index contributed by atoms with van der Waals surface area (Å²) in [4.78, 5) is 60.1. The molecule has 1 aliphatic heterocycles. The highest BCUT2D eigenvalue weighted by Gasteiger charge is 2.27. The molecule has 0 aromatic heterocycles. The fraction of sp³-hybridized carbons (Fsp3) is 0.500. The summed E-state index contributed by atoms with van der Waals surface area (Å²) >= 11 is 0. The lowest BCUT2D eigenvalue weighted by molar-refractivity contribution is -0.906. The molecule has 1 heterocycles. The van der Waals surface area contributed by atoms with Gasteiger partial charge in [-0.3, -0.25) is 34.2 Å². The van der Waals surface area contributed by atoms with Crippen molar-refractivity contribution in [1.82, 2.24) is 10.2 Å². The summed E-state index contributed by atoms with van der Waals surface area (Å²) in [5.74, 6) is -1.98. The van der Waals surface area contributed by atoms with Crippen LogP contribution >= 0.6 is 0 Å². The van der Waals surface area contributed by atoms with Crippen LogP contribution in [0.4, 0.5) is 5.69 Å². The molecule has 3 amide bonds. The molecule has 0 fully saturated rings. The summed E-state index contributed by atoms with van der Waals surface area (Å²) in [6, 6.07) is 5.89. The van der Waals surface area contributed by atoms with E-state index in [-0.39, 0.29) is 37.2 Å². The SMILES string of the molecule is CC[N+](C)(CC)CCCC(=O)OC(CNC(=O)CCN1C(=O)C=CC1=O)c1ccccc1[N+](=O)[O-]. The Hall–Kier alpha value is -3.60. The highest BCUT2D eigenvalue weighted by molar-refractivity contribution is 6.13. The molecule has 0 spiro atoms. The van der Waals surface area contributed by atoms with Gasteiger partial charge in [-0.1, -0.05) is 12.1 Å². The molecule has 0 saturated carbocycles. The topological polar surface area (TPSA) is 136 Å². The van der Waals surface area contributed by atoms with Crippen molar-refractivity contribution >= 4 is 29.4 Å². The van der Waals surface area contributed by atoms with Crippen LogP contribution in [0.2, 0.25) is 0 Å². The van der Waals surface area contributed by atoms with Crippen molar-refractivity contribution in [3.63, 3.8) is 0 Å². The van der Waals surface area contributed by atoms with E-state index in [4.69, 9.17) is 4.74 Å². The Morgan fingerprint density at radius 3 is 2.34 bits per heavy atom. The third-order valence-electron chi connectivity index (χ3n) is 6.31. The Morgan fingerprint density at radius 2 is 1.74 bits per heavy atom. The average Bonchev–Trinajstić information content (AvgIpc) is 3.17. The molecule has 11 heteroatoms. The van der Waals surface area contributed by atoms with Crippen molar-refractivity contribution in [2.45, 2.75) is 39.2 Å². The minimum absolute atomic E-state index is 0.0989. The molecular weight excluding hydrogens is 456 g/mol. The van der Waals surface area contributed by atoms with Gasteiger partial charge in [0.05, 0.1) is 50.1 Å². The molecule has 1 aromatic carbocycles. The standard InChI is InChI=1S/C24H32N4O7/c1-4-28(3,5-2)16-8-11-24(32)35-20(18-9-6-7-10-19(18)27(33)34)17-25-21(29)14-15-26-22(30)12-13-23(26)31/h6-7,9-10,12-13,20H,4-5,8,11,14-17H2,1-3H3/p+1. The van der Waals surface area contributed by atoms with Crippen LogP contribution in [-0.2, 0) is 23.9 Å². The Balaban J connectivity index is 2.02. The summed E-state index contributed by atoms with van der Waals surface area (Å²) in [5.41, 5.74) is -0.0527. The summed E-state index contributed by atoms with van der Waals surface area (Å²) in [6.07, 6.45) is 1.79. The number of nitro benzene ring substituents is 1. The maximum Gasteiger partial charge on any atom is 0.306 e. The van der Waals surface area contributed by atoms with E-state index in [9.17, 15) is 29.3 Å². The number of esters is 1. The number of ether oxygens (including phenoxy) is 1. The lowest BCUT2D eigenvalue weighted by Crippen LogP contribution is -2.44. The predicted molar refractivity (Wildman–Crippen MR) is 127 cm³/mol. The van der Waals surface area contributed by atoms with Gasteiger partial charge in [0.2, 0.25) is 5.91 Å². The molecule has 1 aromatic rings. The molecule has 1 N–H and O–H groups in total. The minimum atomic E-state index is -1.07. The monoisotopic (exact) mass is 489 g/mol. The quantitative estimate of drug-likeness (QED) is 0.139. The number of carbonyl (C=O) groups is 4. The fourth-order valence-electron chi connectivity index (χ4n) is 3.66. The van der Waals surface area contributed by atoms with Crippen LogP contribution in [0.3, 0.4) is 0 Å². The number of carbonyl (C=O) groups excluding carboxylic acids is 4. The molecule has 1 atom stereocenters. The first kappa shape index (κ1) is 27.6. The highest BCUT2D eigenvalue weighted by atomic mass is 16.6. The van der Waals surface area contributed by atoms with Crippen molar-refractivity contribution < 1.29 is 33.3 Å². The number of nitrogens with one attached hydrogen (secondary N) is 1. The second-order valence-electron chi connectivity index (χ2n) is 8.59. The normalized spacial score (nSPS) is 14.2. The van der Waals surface area contributed by atoms with E-state index < -0.39 is 34.7 Å². The van der Waals surface area contributed by atoms with Crippen LogP contribution in [0.25, 0.3) is 0 Å². The van der Waals surface area contributed by atoms with Crippen LogP contribution < -0.4 is 5.32 Å². The van der Waals surface area contributed by atoms with Crippen LogP contribution in [0.5, 0.6) is 0 Å². The Labute approximate surface area is 204 Å². The van der Waals surface area contributed by atoms with E-state index in [1.54, 1.807) is 6.07 Å². The molecule has 1 aliphatic rings. The van der Waals surface area contributed by atoms with Crippen molar-refractivity contribution in [2.75, 3.05) is 39.8 Å². The summed E-state index contributed by atoms with van der Waals surface area (Å²) in [5, 5.41) is 14.1. The number of benzene rings is 1. The molecule has 1 unspecified atom stereocenters. The Morgan fingerprint density at radius 1 is 1.11 bits per heavy atom. The second kappa shape index (κ2) is 12.7. The van der Waals surface area contributed by atoms with Crippen LogP contribution in [0.15, 0.2) is 36.4 Å². The lowest BCUT2D eigenvalue weighted by atomic mass is 10.1. The fourth-order valence-corrected chi connectivity index (χ4v) is 3.66. The molecule has 0 saturated heterocycles. The van der Waals surface area contributed by atoms with E-state index in [2.05, 4.69) is 26.2 Å². The zero-order valence-electron chi connectivity index (χ0n) is 20.4. The number of amides is 3. The maximum absolute atomic E-state index is 12.6.